The Morgan fingerprint density at radius 3 is 2.38 bits per heavy atom. The zero-order valence-electron chi connectivity index (χ0n) is 19.3. The highest BCUT2D eigenvalue weighted by Crippen LogP contribution is 2.41. The van der Waals surface area contributed by atoms with Crippen molar-refractivity contribution in [2.45, 2.75) is 30.8 Å². The number of hydrogen-bond donors (Lipinski definition) is 4. The Kier molecular flexibility index (Phi) is 5.85. The number of aliphatic hydroxyl groups is 2. The molecule has 3 atom stereocenters. The zero-order chi connectivity index (χ0) is 25.9. The maximum Gasteiger partial charge on any atom is 0.325 e. The fourth-order valence-electron chi connectivity index (χ4n) is 5.08. The number of benzene rings is 2. The van der Waals surface area contributed by atoms with E-state index in [2.05, 4.69) is 15.0 Å². The van der Waals surface area contributed by atoms with Crippen LogP contribution in [0.2, 0.25) is 5.28 Å². The van der Waals surface area contributed by atoms with Crippen LogP contribution in [0.25, 0.3) is 38.8 Å². The summed E-state index contributed by atoms with van der Waals surface area (Å²) in [5.41, 5.74) is 0.851. The van der Waals surface area contributed by atoms with Crippen molar-refractivity contribution in [3.05, 3.63) is 60.1 Å². The Labute approximate surface area is 215 Å². The molecule has 1 aliphatic rings. The highest BCUT2D eigenvalue weighted by Gasteiger charge is 2.49. The molecule has 5 aromatic rings. The molecule has 1 saturated heterocycles. The largest absolute Gasteiger partial charge is 0.385 e. The maximum atomic E-state index is 11.2. The van der Waals surface area contributed by atoms with E-state index in [0.717, 1.165) is 21.8 Å². The zero-order valence-corrected chi connectivity index (χ0v) is 21.0. The van der Waals surface area contributed by atoms with Crippen LogP contribution in [0.15, 0.2) is 54.9 Å². The van der Waals surface area contributed by atoms with Crippen LogP contribution in [0, 0.1) is 0 Å². The Hall–Kier alpha value is -2.89. The Morgan fingerprint density at radius 1 is 1.08 bits per heavy atom. The van der Waals surface area contributed by atoms with Crippen molar-refractivity contribution in [2.24, 2.45) is 0 Å². The molecule has 1 aliphatic heterocycles. The first-order valence-electron chi connectivity index (χ1n) is 11.6. The van der Waals surface area contributed by atoms with E-state index in [0.29, 0.717) is 17.0 Å². The molecule has 0 spiro atoms. The van der Waals surface area contributed by atoms with Crippen LogP contribution in [-0.2, 0) is 9.30 Å². The summed E-state index contributed by atoms with van der Waals surface area (Å²) in [6.45, 7) is -0.224. The summed E-state index contributed by atoms with van der Waals surface area (Å²) in [5.74, 6) is 0.454. The number of aromatic nitrogens is 5. The standard InChI is InChI=1S/C24H23ClN5O6P/c25-23-27-20-18(21(28-23)30-16-8-3-1-6-14(16)15-7-2-4-9-17(15)30)26-13-29(20)22-19(31)24(32,12-36-22)10-5-11-37(33,34)35/h1-4,6-9,13,19,22,31-32H,5,10-12H2,(H2,33,34,35)/t19?,22-,24?/m1/s1. The van der Waals surface area contributed by atoms with Crippen molar-refractivity contribution in [2.75, 3.05) is 12.8 Å². The molecule has 4 N–H and O–H groups in total. The van der Waals surface area contributed by atoms with E-state index in [1.807, 2.05) is 53.1 Å². The lowest BCUT2D eigenvalue weighted by atomic mass is 9.93. The SMILES string of the molecule is O=P(O)(O)CCCC1(O)CO[C@@H](n2cnc3c(-n4c5ccccc5c5ccccc54)nc(Cl)nc32)C1O. The lowest BCUT2D eigenvalue weighted by Gasteiger charge is -2.26. The van der Waals surface area contributed by atoms with Crippen LogP contribution >= 0.6 is 19.2 Å². The van der Waals surface area contributed by atoms with Gasteiger partial charge in [0.2, 0.25) is 5.28 Å². The van der Waals surface area contributed by atoms with Crippen LogP contribution in [0.4, 0.5) is 0 Å². The summed E-state index contributed by atoms with van der Waals surface area (Å²) in [4.78, 5) is 31.6. The molecule has 0 radical (unpaired) electrons. The average molecular weight is 544 g/mol. The van der Waals surface area contributed by atoms with Gasteiger partial charge in [-0.2, -0.15) is 9.97 Å². The predicted molar refractivity (Wildman–Crippen MR) is 137 cm³/mol. The Balaban J connectivity index is 1.44. The number of para-hydroxylation sites is 2. The number of hydrogen-bond acceptors (Lipinski definition) is 7. The first-order chi connectivity index (χ1) is 17.7. The van der Waals surface area contributed by atoms with Gasteiger partial charge in [0, 0.05) is 16.9 Å². The van der Waals surface area contributed by atoms with Gasteiger partial charge in [-0.3, -0.25) is 13.7 Å². The average Bonchev–Trinajstić information content (AvgIpc) is 3.50. The fourth-order valence-corrected chi connectivity index (χ4v) is 5.81. The predicted octanol–water partition coefficient (Wildman–Crippen LogP) is 3.16. The highest BCUT2D eigenvalue weighted by atomic mass is 35.5. The second-order valence-electron chi connectivity index (χ2n) is 9.25. The van der Waals surface area contributed by atoms with Gasteiger partial charge in [-0.05, 0) is 36.6 Å². The molecule has 4 heterocycles. The first kappa shape index (κ1) is 24.4. The number of nitrogens with zero attached hydrogens (tertiary/aromatic N) is 5. The normalized spacial score (nSPS) is 22.5. The minimum absolute atomic E-state index is 0.0184. The second kappa shape index (κ2) is 8.85. The minimum atomic E-state index is -4.22. The van der Waals surface area contributed by atoms with Crippen LogP contribution in [0.3, 0.4) is 0 Å². The fraction of sp³-hybridized carbons (Fsp3) is 0.292. The van der Waals surface area contributed by atoms with E-state index in [1.165, 1.54) is 10.9 Å². The van der Waals surface area contributed by atoms with E-state index in [9.17, 15) is 14.8 Å². The number of ether oxygens (including phenoxy) is 1. The Bertz CT molecular complexity index is 1650. The maximum absolute atomic E-state index is 11.2. The first-order valence-corrected chi connectivity index (χ1v) is 13.8. The van der Waals surface area contributed by atoms with Gasteiger partial charge in [0.25, 0.3) is 0 Å². The molecule has 2 unspecified atom stereocenters. The monoisotopic (exact) mass is 543 g/mol. The van der Waals surface area contributed by atoms with Crippen molar-refractivity contribution >= 4 is 52.2 Å². The van der Waals surface area contributed by atoms with Gasteiger partial charge in [-0.15, -0.1) is 0 Å². The topological polar surface area (TPSA) is 156 Å². The lowest BCUT2D eigenvalue weighted by molar-refractivity contribution is -0.0648. The third kappa shape index (κ3) is 4.13. The van der Waals surface area contributed by atoms with Crippen molar-refractivity contribution in [1.82, 2.24) is 24.1 Å². The van der Waals surface area contributed by atoms with Gasteiger partial charge in [0.15, 0.2) is 23.2 Å². The molecule has 1 fully saturated rings. The number of fused-ring (bicyclic) bond motifs is 4. The quantitative estimate of drug-likeness (QED) is 0.187. The molecule has 2 aromatic carbocycles. The van der Waals surface area contributed by atoms with Crippen LogP contribution in [-0.4, -0.2) is 68.6 Å². The third-order valence-corrected chi connectivity index (χ3v) is 7.89. The van der Waals surface area contributed by atoms with E-state index in [4.69, 9.17) is 26.1 Å². The Morgan fingerprint density at radius 2 is 1.73 bits per heavy atom. The van der Waals surface area contributed by atoms with Gasteiger partial charge < -0.3 is 24.7 Å². The summed E-state index contributed by atoms with van der Waals surface area (Å²) in [6.07, 6.45) is -1.42. The molecule has 0 saturated carbocycles. The molecule has 0 bridgehead atoms. The molecular formula is C24H23ClN5O6P. The van der Waals surface area contributed by atoms with E-state index >= 15 is 0 Å². The van der Waals surface area contributed by atoms with Crippen molar-refractivity contribution < 1.29 is 29.3 Å². The van der Waals surface area contributed by atoms with E-state index in [-0.39, 0.29) is 24.7 Å². The van der Waals surface area contributed by atoms with Gasteiger partial charge in [0.05, 0.1) is 24.0 Å². The van der Waals surface area contributed by atoms with E-state index < -0.39 is 31.7 Å². The molecule has 11 nitrogen and oxygen atoms in total. The van der Waals surface area contributed by atoms with Crippen LogP contribution < -0.4 is 0 Å². The smallest absolute Gasteiger partial charge is 0.325 e. The second-order valence-corrected chi connectivity index (χ2v) is 11.4. The summed E-state index contributed by atoms with van der Waals surface area (Å²) in [7, 11) is -4.22. The summed E-state index contributed by atoms with van der Waals surface area (Å²) >= 11 is 6.38. The molecular weight excluding hydrogens is 521 g/mol. The van der Waals surface area contributed by atoms with Crippen molar-refractivity contribution in [1.29, 1.82) is 0 Å². The number of imidazole rings is 1. The van der Waals surface area contributed by atoms with Gasteiger partial charge in [-0.1, -0.05) is 36.4 Å². The van der Waals surface area contributed by atoms with E-state index in [1.54, 1.807) is 0 Å². The summed E-state index contributed by atoms with van der Waals surface area (Å²) in [5, 5.41) is 24.0. The number of halogens is 1. The molecule has 192 valence electrons. The van der Waals surface area contributed by atoms with Gasteiger partial charge >= 0.3 is 7.60 Å². The molecule has 13 heteroatoms. The van der Waals surface area contributed by atoms with Gasteiger partial charge in [-0.25, -0.2) is 4.98 Å². The van der Waals surface area contributed by atoms with Gasteiger partial charge in [0.1, 0.15) is 11.7 Å². The molecule has 0 aliphatic carbocycles. The van der Waals surface area contributed by atoms with Crippen molar-refractivity contribution in [3.63, 3.8) is 0 Å². The lowest BCUT2D eigenvalue weighted by Crippen LogP contribution is -2.42. The highest BCUT2D eigenvalue weighted by molar-refractivity contribution is 7.51. The molecule has 0 amide bonds. The summed E-state index contributed by atoms with van der Waals surface area (Å²) in [6, 6.07) is 15.8. The number of aliphatic hydroxyl groups excluding tert-OH is 1. The van der Waals surface area contributed by atoms with Crippen molar-refractivity contribution in [3.8, 4) is 5.82 Å². The van der Waals surface area contributed by atoms with Crippen LogP contribution in [0.5, 0.6) is 0 Å². The molecule has 3 aromatic heterocycles. The minimum Gasteiger partial charge on any atom is -0.385 e. The summed E-state index contributed by atoms with van der Waals surface area (Å²) < 4.78 is 20.4. The third-order valence-electron chi connectivity index (χ3n) is 6.83. The molecule has 37 heavy (non-hydrogen) atoms. The molecule has 6 rings (SSSR count). The number of rotatable bonds is 6. The van der Waals surface area contributed by atoms with Crippen LogP contribution in [0.1, 0.15) is 19.1 Å².